The van der Waals surface area contributed by atoms with Crippen molar-refractivity contribution in [3.63, 3.8) is 0 Å². The fourth-order valence-corrected chi connectivity index (χ4v) is 1.80. The number of methoxy groups -OCH3 is 1. The first-order chi connectivity index (χ1) is 7.93. The van der Waals surface area contributed by atoms with E-state index in [1.54, 1.807) is 0 Å². The van der Waals surface area contributed by atoms with E-state index < -0.39 is 6.04 Å². The molecular formula is C13H20N2O2. The zero-order chi connectivity index (χ0) is 13.0. The van der Waals surface area contributed by atoms with Crippen molar-refractivity contribution in [1.82, 2.24) is 0 Å². The lowest BCUT2D eigenvalue weighted by molar-refractivity contribution is -0.141. The standard InChI is InChI=1S/C13H20N2O2/c1-9-5-10(2)7-11(6-9)15(3)8-12(14)13(16)17-4/h5-7,12H,8,14H2,1-4H3. The minimum absolute atomic E-state index is 0.388. The Morgan fingerprint density at radius 2 is 1.88 bits per heavy atom. The lowest BCUT2D eigenvalue weighted by atomic mass is 10.1. The molecule has 0 spiro atoms. The fraction of sp³-hybridized carbons (Fsp3) is 0.462. The SMILES string of the molecule is COC(=O)C(N)CN(C)c1cc(C)cc(C)c1. The molecule has 2 N–H and O–H groups in total. The molecule has 0 aliphatic carbocycles. The smallest absolute Gasteiger partial charge is 0.324 e. The topological polar surface area (TPSA) is 55.6 Å². The van der Waals surface area contributed by atoms with Crippen LogP contribution >= 0.6 is 0 Å². The third-order valence-electron chi connectivity index (χ3n) is 2.62. The summed E-state index contributed by atoms with van der Waals surface area (Å²) in [5.74, 6) is -0.388. The van der Waals surface area contributed by atoms with E-state index in [-0.39, 0.29) is 5.97 Å². The molecule has 1 atom stereocenters. The van der Waals surface area contributed by atoms with Crippen LogP contribution in [0.15, 0.2) is 18.2 Å². The second-order valence-corrected chi connectivity index (χ2v) is 4.36. The van der Waals surface area contributed by atoms with Crippen LogP contribution in [0, 0.1) is 13.8 Å². The van der Waals surface area contributed by atoms with Gasteiger partial charge in [0.1, 0.15) is 6.04 Å². The van der Waals surface area contributed by atoms with Gasteiger partial charge in [-0.05, 0) is 37.1 Å². The number of carbonyl (C=O) groups is 1. The van der Waals surface area contributed by atoms with Crippen molar-refractivity contribution in [1.29, 1.82) is 0 Å². The van der Waals surface area contributed by atoms with Crippen molar-refractivity contribution in [3.05, 3.63) is 29.3 Å². The Hall–Kier alpha value is -1.55. The first kappa shape index (κ1) is 13.5. The molecule has 4 heteroatoms. The quantitative estimate of drug-likeness (QED) is 0.799. The monoisotopic (exact) mass is 236 g/mol. The molecule has 0 saturated carbocycles. The number of carbonyl (C=O) groups excluding carboxylic acids is 1. The van der Waals surface area contributed by atoms with Gasteiger partial charge in [-0.25, -0.2) is 0 Å². The molecule has 1 rings (SSSR count). The van der Waals surface area contributed by atoms with Gasteiger partial charge >= 0.3 is 5.97 Å². The first-order valence-corrected chi connectivity index (χ1v) is 5.57. The molecule has 4 nitrogen and oxygen atoms in total. The Labute approximate surface area is 102 Å². The molecule has 0 amide bonds. The van der Waals surface area contributed by atoms with Crippen LogP contribution in [0.25, 0.3) is 0 Å². The molecule has 1 aromatic rings. The molecule has 0 fully saturated rings. The number of nitrogens with zero attached hydrogens (tertiary/aromatic N) is 1. The highest BCUT2D eigenvalue weighted by Gasteiger charge is 2.16. The van der Waals surface area contributed by atoms with Crippen LogP contribution in [-0.2, 0) is 9.53 Å². The van der Waals surface area contributed by atoms with Crippen LogP contribution in [0.4, 0.5) is 5.69 Å². The number of esters is 1. The molecule has 94 valence electrons. The van der Waals surface area contributed by atoms with E-state index in [4.69, 9.17) is 5.73 Å². The molecular weight excluding hydrogens is 216 g/mol. The van der Waals surface area contributed by atoms with Crippen molar-refractivity contribution < 1.29 is 9.53 Å². The molecule has 0 aliphatic heterocycles. The fourth-order valence-electron chi connectivity index (χ4n) is 1.80. The van der Waals surface area contributed by atoms with Crippen LogP contribution in [-0.4, -0.2) is 32.7 Å². The number of ether oxygens (including phenoxy) is 1. The van der Waals surface area contributed by atoms with Gasteiger partial charge in [-0.15, -0.1) is 0 Å². The number of hydrogen-bond acceptors (Lipinski definition) is 4. The van der Waals surface area contributed by atoms with Crippen LogP contribution in [0.1, 0.15) is 11.1 Å². The lowest BCUT2D eigenvalue weighted by Crippen LogP contribution is -2.42. The second-order valence-electron chi connectivity index (χ2n) is 4.36. The lowest BCUT2D eigenvalue weighted by Gasteiger charge is -2.23. The molecule has 0 aromatic heterocycles. The van der Waals surface area contributed by atoms with Gasteiger partial charge in [-0.3, -0.25) is 4.79 Å². The summed E-state index contributed by atoms with van der Waals surface area (Å²) in [5.41, 5.74) is 9.17. The molecule has 1 unspecified atom stereocenters. The normalized spacial score (nSPS) is 12.1. The largest absolute Gasteiger partial charge is 0.468 e. The van der Waals surface area contributed by atoms with Gasteiger partial charge in [0.2, 0.25) is 0 Å². The number of rotatable bonds is 4. The Bertz CT molecular complexity index is 384. The number of benzene rings is 1. The minimum Gasteiger partial charge on any atom is -0.468 e. The van der Waals surface area contributed by atoms with Crippen molar-refractivity contribution >= 4 is 11.7 Å². The first-order valence-electron chi connectivity index (χ1n) is 5.57. The number of aryl methyl sites for hydroxylation is 2. The van der Waals surface area contributed by atoms with Crippen molar-refractivity contribution in [2.24, 2.45) is 5.73 Å². The van der Waals surface area contributed by atoms with Crippen LogP contribution in [0.2, 0.25) is 0 Å². The van der Waals surface area contributed by atoms with Crippen LogP contribution in [0.3, 0.4) is 0 Å². The van der Waals surface area contributed by atoms with E-state index in [0.29, 0.717) is 6.54 Å². The number of nitrogens with two attached hydrogens (primary N) is 1. The summed E-state index contributed by atoms with van der Waals surface area (Å²) in [6.07, 6.45) is 0. The van der Waals surface area contributed by atoms with E-state index >= 15 is 0 Å². The summed E-state index contributed by atoms with van der Waals surface area (Å²) in [7, 11) is 3.26. The van der Waals surface area contributed by atoms with Gasteiger partial charge in [0.05, 0.1) is 7.11 Å². The van der Waals surface area contributed by atoms with Gasteiger partial charge in [0, 0.05) is 19.3 Å². The highest BCUT2D eigenvalue weighted by Crippen LogP contribution is 2.17. The third kappa shape index (κ3) is 3.75. The summed E-state index contributed by atoms with van der Waals surface area (Å²) in [6, 6.07) is 5.62. The summed E-state index contributed by atoms with van der Waals surface area (Å²) in [6.45, 7) is 4.53. The average molecular weight is 236 g/mol. The van der Waals surface area contributed by atoms with E-state index in [2.05, 4.69) is 22.9 Å². The van der Waals surface area contributed by atoms with Gasteiger partial charge in [-0.2, -0.15) is 0 Å². The van der Waals surface area contributed by atoms with E-state index in [1.165, 1.54) is 18.2 Å². The Morgan fingerprint density at radius 3 is 2.35 bits per heavy atom. The van der Waals surface area contributed by atoms with Gasteiger partial charge < -0.3 is 15.4 Å². The molecule has 17 heavy (non-hydrogen) atoms. The maximum absolute atomic E-state index is 11.2. The third-order valence-corrected chi connectivity index (χ3v) is 2.62. The van der Waals surface area contributed by atoms with E-state index in [0.717, 1.165) is 5.69 Å². The van der Waals surface area contributed by atoms with Gasteiger partial charge in [-0.1, -0.05) is 6.07 Å². The van der Waals surface area contributed by atoms with Crippen molar-refractivity contribution in [3.8, 4) is 0 Å². The molecule has 0 radical (unpaired) electrons. The number of likely N-dealkylation sites (N-methyl/N-ethyl adjacent to an activating group) is 1. The predicted octanol–water partition coefficient (Wildman–Crippen LogP) is 1.24. The number of hydrogen-bond donors (Lipinski definition) is 1. The minimum atomic E-state index is -0.620. The highest BCUT2D eigenvalue weighted by molar-refractivity contribution is 5.76. The molecule has 0 bridgehead atoms. The molecule has 1 aromatic carbocycles. The number of anilines is 1. The Morgan fingerprint density at radius 1 is 1.35 bits per heavy atom. The predicted molar refractivity (Wildman–Crippen MR) is 69.2 cm³/mol. The van der Waals surface area contributed by atoms with Crippen LogP contribution in [0.5, 0.6) is 0 Å². The van der Waals surface area contributed by atoms with Crippen LogP contribution < -0.4 is 10.6 Å². The molecule has 0 aliphatic rings. The maximum atomic E-state index is 11.2. The second kappa shape index (κ2) is 5.68. The highest BCUT2D eigenvalue weighted by atomic mass is 16.5. The van der Waals surface area contributed by atoms with E-state index in [1.807, 2.05) is 25.8 Å². The van der Waals surface area contributed by atoms with Crippen molar-refractivity contribution in [2.75, 3.05) is 25.6 Å². The summed E-state index contributed by atoms with van der Waals surface area (Å²) < 4.78 is 4.61. The summed E-state index contributed by atoms with van der Waals surface area (Å²) in [5, 5.41) is 0. The van der Waals surface area contributed by atoms with Gasteiger partial charge in [0.25, 0.3) is 0 Å². The summed E-state index contributed by atoms with van der Waals surface area (Å²) in [4.78, 5) is 13.2. The zero-order valence-electron chi connectivity index (χ0n) is 10.9. The van der Waals surface area contributed by atoms with Crippen molar-refractivity contribution in [2.45, 2.75) is 19.9 Å². The Kier molecular flexibility index (Phi) is 4.52. The molecule has 0 heterocycles. The van der Waals surface area contributed by atoms with E-state index in [9.17, 15) is 4.79 Å². The molecule has 0 saturated heterocycles. The van der Waals surface area contributed by atoms with Gasteiger partial charge in [0.15, 0.2) is 0 Å². The maximum Gasteiger partial charge on any atom is 0.324 e. The average Bonchev–Trinajstić information content (AvgIpc) is 2.26. The zero-order valence-corrected chi connectivity index (χ0v) is 10.9. The Balaban J connectivity index is 2.75. The summed E-state index contributed by atoms with van der Waals surface area (Å²) >= 11 is 0.